The summed E-state index contributed by atoms with van der Waals surface area (Å²) in [5, 5.41) is 9.14. The number of furan rings is 1. The summed E-state index contributed by atoms with van der Waals surface area (Å²) >= 11 is 0. The quantitative estimate of drug-likeness (QED) is 0.713. The molecule has 0 aliphatic rings. The van der Waals surface area contributed by atoms with Crippen LogP contribution in [0.4, 0.5) is 4.39 Å². The summed E-state index contributed by atoms with van der Waals surface area (Å²) in [5.41, 5.74) is 0. The van der Waals surface area contributed by atoms with Crippen LogP contribution in [0.2, 0.25) is 0 Å². The van der Waals surface area contributed by atoms with E-state index in [0.717, 1.165) is 0 Å². The smallest absolute Gasteiger partial charge is 0.142 e. The fourth-order valence-electron chi connectivity index (χ4n) is 0.839. The number of halogens is 1. The summed E-state index contributed by atoms with van der Waals surface area (Å²) in [7, 11) is 0. The molecule has 0 fully saturated rings. The third-order valence-corrected chi connectivity index (χ3v) is 1.49. The van der Waals surface area contributed by atoms with Crippen molar-refractivity contribution in [1.82, 2.24) is 0 Å². The van der Waals surface area contributed by atoms with E-state index < -0.39 is 12.3 Å². The molecule has 0 bridgehead atoms. The first-order valence-corrected chi connectivity index (χ1v) is 3.49. The van der Waals surface area contributed by atoms with Gasteiger partial charge in [-0.05, 0) is 26.0 Å². The van der Waals surface area contributed by atoms with Crippen LogP contribution in [0.5, 0.6) is 0 Å². The molecule has 62 valence electrons. The van der Waals surface area contributed by atoms with Crippen molar-refractivity contribution >= 4 is 0 Å². The maximum absolute atomic E-state index is 12.5. The number of aryl methyl sites for hydroxylation is 1. The Hall–Kier alpha value is -0.830. The van der Waals surface area contributed by atoms with E-state index in [1.165, 1.54) is 6.92 Å². The van der Waals surface area contributed by atoms with Crippen LogP contribution in [0.1, 0.15) is 24.5 Å². The highest BCUT2D eigenvalue weighted by atomic mass is 19.1. The molecule has 1 aromatic rings. The van der Waals surface area contributed by atoms with Crippen molar-refractivity contribution in [3.8, 4) is 0 Å². The van der Waals surface area contributed by atoms with Crippen LogP contribution in [-0.4, -0.2) is 11.3 Å². The molecule has 1 rings (SSSR count). The van der Waals surface area contributed by atoms with Gasteiger partial charge in [-0.25, -0.2) is 4.39 Å². The minimum absolute atomic E-state index is 0.289. The van der Waals surface area contributed by atoms with Crippen LogP contribution in [0.25, 0.3) is 0 Å². The van der Waals surface area contributed by atoms with E-state index in [-0.39, 0.29) is 5.76 Å². The summed E-state index contributed by atoms with van der Waals surface area (Å²) in [6, 6.07) is 3.27. The van der Waals surface area contributed by atoms with Gasteiger partial charge in [-0.15, -0.1) is 0 Å². The molecular formula is C8H11FO2. The lowest BCUT2D eigenvalue weighted by molar-refractivity contribution is 0.0684. The summed E-state index contributed by atoms with van der Waals surface area (Å²) in [4.78, 5) is 0. The Bertz CT molecular complexity index is 230. The fourth-order valence-corrected chi connectivity index (χ4v) is 0.839. The minimum atomic E-state index is -1.29. The average molecular weight is 158 g/mol. The molecule has 11 heavy (non-hydrogen) atoms. The molecule has 1 heterocycles. The van der Waals surface area contributed by atoms with Crippen LogP contribution in [0.3, 0.4) is 0 Å². The van der Waals surface area contributed by atoms with Gasteiger partial charge >= 0.3 is 0 Å². The molecule has 3 heteroatoms. The molecule has 0 aromatic carbocycles. The fraction of sp³-hybridized carbons (Fsp3) is 0.500. The number of aliphatic hydroxyl groups excluding tert-OH is 1. The molecule has 0 saturated heterocycles. The first-order chi connectivity index (χ1) is 5.11. The second-order valence-corrected chi connectivity index (χ2v) is 2.57. The van der Waals surface area contributed by atoms with Gasteiger partial charge < -0.3 is 9.52 Å². The monoisotopic (exact) mass is 158 g/mol. The summed E-state index contributed by atoms with van der Waals surface area (Å²) in [6.45, 7) is 3.04. The SMILES string of the molecule is Cc1ccc(C(O)C(C)F)o1. The predicted octanol–water partition coefficient (Wildman–Crippen LogP) is 1.98. The third kappa shape index (κ3) is 1.80. The molecule has 0 spiro atoms. The number of alkyl halides is 1. The molecule has 0 aliphatic carbocycles. The molecule has 2 nitrogen and oxygen atoms in total. The molecule has 1 aromatic heterocycles. The van der Waals surface area contributed by atoms with Crippen molar-refractivity contribution in [2.75, 3.05) is 0 Å². The number of aliphatic hydroxyl groups is 1. The highest BCUT2D eigenvalue weighted by Gasteiger charge is 2.18. The maximum Gasteiger partial charge on any atom is 0.142 e. The van der Waals surface area contributed by atoms with Crippen molar-refractivity contribution in [3.05, 3.63) is 23.7 Å². The van der Waals surface area contributed by atoms with E-state index in [2.05, 4.69) is 0 Å². The Labute approximate surface area is 64.6 Å². The Morgan fingerprint density at radius 2 is 2.18 bits per heavy atom. The maximum atomic E-state index is 12.5. The largest absolute Gasteiger partial charge is 0.464 e. The van der Waals surface area contributed by atoms with E-state index in [1.807, 2.05) is 0 Å². The Morgan fingerprint density at radius 3 is 2.55 bits per heavy atom. The normalized spacial score (nSPS) is 16.4. The van der Waals surface area contributed by atoms with E-state index in [9.17, 15) is 4.39 Å². The van der Waals surface area contributed by atoms with Crippen LogP contribution in [0, 0.1) is 6.92 Å². The predicted molar refractivity (Wildman–Crippen MR) is 39.0 cm³/mol. The zero-order valence-electron chi connectivity index (χ0n) is 6.54. The van der Waals surface area contributed by atoms with Crippen LogP contribution < -0.4 is 0 Å². The van der Waals surface area contributed by atoms with Gasteiger partial charge in [0.1, 0.15) is 23.8 Å². The van der Waals surface area contributed by atoms with E-state index in [0.29, 0.717) is 5.76 Å². The Balaban J connectivity index is 2.76. The van der Waals surface area contributed by atoms with Gasteiger partial charge in [0.05, 0.1) is 0 Å². The van der Waals surface area contributed by atoms with Crippen molar-refractivity contribution in [2.45, 2.75) is 26.1 Å². The van der Waals surface area contributed by atoms with E-state index in [4.69, 9.17) is 9.52 Å². The van der Waals surface area contributed by atoms with Gasteiger partial charge in [-0.2, -0.15) is 0 Å². The summed E-state index contributed by atoms with van der Waals surface area (Å²) < 4.78 is 17.5. The molecule has 1 N–H and O–H groups in total. The molecule has 0 radical (unpaired) electrons. The molecular weight excluding hydrogens is 147 g/mol. The summed E-state index contributed by atoms with van der Waals surface area (Å²) in [6.07, 6.45) is -2.43. The van der Waals surface area contributed by atoms with E-state index in [1.54, 1.807) is 19.1 Å². The van der Waals surface area contributed by atoms with E-state index >= 15 is 0 Å². The molecule has 0 aliphatic heterocycles. The van der Waals surface area contributed by atoms with Crippen LogP contribution >= 0.6 is 0 Å². The van der Waals surface area contributed by atoms with Crippen molar-refractivity contribution in [1.29, 1.82) is 0 Å². The van der Waals surface area contributed by atoms with Crippen molar-refractivity contribution < 1.29 is 13.9 Å². The third-order valence-electron chi connectivity index (χ3n) is 1.49. The van der Waals surface area contributed by atoms with Crippen molar-refractivity contribution in [3.63, 3.8) is 0 Å². The first kappa shape index (κ1) is 8.27. The van der Waals surface area contributed by atoms with Gasteiger partial charge in [-0.1, -0.05) is 0 Å². The molecule has 0 saturated carbocycles. The Morgan fingerprint density at radius 1 is 1.55 bits per heavy atom. The molecule has 0 amide bonds. The second kappa shape index (κ2) is 3.05. The number of hydrogen-bond acceptors (Lipinski definition) is 2. The first-order valence-electron chi connectivity index (χ1n) is 3.49. The topological polar surface area (TPSA) is 33.4 Å². The van der Waals surface area contributed by atoms with Crippen LogP contribution in [0.15, 0.2) is 16.5 Å². The van der Waals surface area contributed by atoms with Gasteiger partial charge in [0, 0.05) is 0 Å². The van der Waals surface area contributed by atoms with Gasteiger partial charge in [0.2, 0.25) is 0 Å². The lowest BCUT2D eigenvalue weighted by Gasteiger charge is -2.07. The standard InChI is InChI=1S/C8H11FO2/c1-5-3-4-7(11-5)8(10)6(2)9/h3-4,6,8,10H,1-2H3. The van der Waals surface area contributed by atoms with Gasteiger partial charge in [0.15, 0.2) is 0 Å². The number of hydrogen-bond donors (Lipinski definition) is 1. The zero-order valence-corrected chi connectivity index (χ0v) is 6.54. The van der Waals surface area contributed by atoms with Gasteiger partial charge in [0.25, 0.3) is 0 Å². The van der Waals surface area contributed by atoms with Crippen molar-refractivity contribution in [2.24, 2.45) is 0 Å². The van der Waals surface area contributed by atoms with Crippen LogP contribution in [-0.2, 0) is 0 Å². The number of rotatable bonds is 2. The lowest BCUT2D eigenvalue weighted by atomic mass is 10.2. The second-order valence-electron chi connectivity index (χ2n) is 2.57. The highest BCUT2D eigenvalue weighted by molar-refractivity contribution is 5.08. The molecule has 2 atom stereocenters. The Kier molecular flexibility index (Phi) is 2.29. The highest BCUT2D eigenvalue weighted by Crippen LogP contribution is 2.20. The average Bonchev–Trinajstić information content (AvgIpc) is 2.34. The molecule has 2 unspecified atom stereocenters. The van der Waals surface area contributed by atoms with Gasteiger partial charge in [-0.3, -0.25) is 0 Å². The lowest BCUT2D eigenvalue weighted by Crippen LogP contribution is -2.07. The summed E-state index contributed by atoms with van der Waals surface area (Å²) in [5.74, 6) is 0.970. The zero-order chi connectivity index (χ0) is 8.43. The minimum Gasteiger partial charge on any atom is -0.464 e.